The van der Waals surface area contributed by atoms with Gasteiger partial charge >= 0.3 is 6.09 Å². The summed E-state index contributed by atoms with van der Waals surface area (Å²) in [6.45, 7) is 12.3. The lowest BCUT2D eigenvalue weighted by molar-refractivity contribution is 0.0139. The summed E-state index contributed by atoms with van der Waals surface area (Å²) in [4.78, 5) is 19.0. The molecule has 0 N–H and O–H groups in total. The molecular weight excluding hydrogens is 314 g/mol. The van der Waals surface area contributed by atoms with Gasteiger partial charge in [0.05, 0.1) is 0 Å². The predicted molar refractivity (Wildman–Crippen MR) is 101 cm³/mol. The van der Waals surface area contributed by atoms with E-state index in [0.717, 1.165) is 32.7 Å². The van der Waals surface area contributed by atoms with Gasteiger partial charge in [-0.25, -0.2) is 4.79 Å². The van der Waals surface area contributed by atoms with Crippen molar-refractivity contribution < 1.29 is 9.53 Å². The van der Waals surface area contributed by atoms with Gasteiger partial charge in [-0.1, -0.05) is 18.2 Å². The highest BCUT2D eigenvalue weighted by atomic mass is 16.6. The molecule has 2 saturated heterocycles. The Kier molecular flexibility index (Phi) is 5.52. The highest BCUT2D eigenvalue weighted by Gasteiger charge is 2.26. The fourth-order valence-electron chi connectivity index (χ4n) is 3.57. The Morgan fingerprint density at radius 3 is 2.28 bits per heavy atom. The van der Waals surface area contributed by atoms with E-state index in [2.05, 4.69) is 34.1 Å². The van der Waals surface area contributed by atoms with Crippen LogP contribution < -0.4 is 4.90 Å². The zero-order valence-corrected chi connectivity index (χ0v) is 15.8. The molecular formula is C20H31N3O2. The standard InChI is InChI=1S/C20H31N3O2/c1-20(2,3)25-19(24)23-14-12-21(13-15-23)16-17-8-4-5-9-18(17)22-10-6-7-11-22/h4-5,8-9H,6-7,10-16H2,1-3H3. The number of carbonyl (C=O) groups is 1. The van der Waals surface area contributed by atoms with Gasteiger partial charge in [-0.2, -0.15) is 0 Å². The number of ether oxygens (including phenoxy) is 1. The quantitative estimate of drug-likeness (QED) is 0.842. The van der Waals surface area contributed by atoms with Gasteiger partial charge in [0.25, 0.3) is 0 Å². The van der Waals surface area contributed by atoms with E-state index >= 15 is 0 Å². The maximum Gasteiger partial charge on any atom is 0.410 e. The normalized spacial score (nSPS) is 19.3. The van der Waals surface area contributed by atoms with E-state index in [0.29, 0.717) is 0 Å². The summed E-state index contributed by atoms with van der Waals surface area (Å²) in [5.74, 6) is 0. The van der Waals surface area contributed by atoms with Crippen molar-refractivity contribution in [3.05, 3.63) is 29.8 Å². The molecule has 0 unspecified atom stereocenters. The summed E-state index contributed by atoms with van der Waals surface area (Å²) >= 11 is 0. The number of rotatable bonds is 3. The van der Waals surface area contributed by atoms with Crippen LogP contribution in [0.1, 0.15) is 39.2 Å². The number of carbonyl (C=O) groups excluding carboxylic acids is 1. The van der Waals surface area contributed by atoms with Crippen LogP contribution in [-0.2, 0) is 11.3 Å². The second-order valence-corrected chi connectivity index (χ2v) is 8.07. The maximum absolute atomic E-state index is 12.2. The first kappa shape index (κ1) is 18.1. The molecule has 1 aromatic carbocycles. The van der Waals surface area contributed by atoms with Crippen LogP contribution >= 0.6 is 0 Å². The zero-order valence-electron chi connectivity index (χ0n) is 15.8. The van der Waals surface area contributed by atoms with Crippen LogP contribution in [-0.4, -0.2) is 60.8 Å². The predicted octanol–water partition coefficient (Wildman–Crippen LogP) is 3.34. The van der Waals surface area contributed by atoms with Gasteiger partial charge in [0.1, 0.15) is 5.60 Å². The molecule has 0 spiro atoms. The lowest BCUT2D eigenvalue weighted by Crippen LogP contribution is -2.49. The third-order valence-electron chi connectivity index (χ3n) is 4.86. The number of hydrogen-bond donors (Lipinski definition) is 0. The van der Waals surface area contributed by atoms with Crippen LogP contribution in [0.2, 0.25) is 0 Å². The number of amides is 1. The second-order valence-electron chi connectivity index (χ2n) is 8.07. The summed E-state index contributed by atoms with van der Waals surface area (Å²) < 4.78 is 5.48. The minimum atomic E-state index is -0.428. The van der Waals surface area contributed by atoms with Crippen molar-refractivity contribution >= 4 is 11.8 Å². The van der Waals surface area contributed by atoms with Crippen molar-refractivity contribution in [2.24, 2.45) is 0 Å². The molecule has 0 aromatic heterocycles. The fraction of sp³-hybridized carbons (Fsp3) is 0.650. The van der Waals surface area contributed by atoms with E-state index in [1.54, 1.807) is 0 Å². The first-order valence-electron chi connectivity index (χ1n) is 9.45. The number of nitrogens with zero attached hydrogens (tertiary/aromatic N) is 3. The maximum atomic E-state index is 12.2. The van der Waals surface area contributed by atoms with E-state index in [1.165, 1.54) is 37.2 Å². The van der Waals surface area contributed by atoms with Gasteiger partial charge in [-0.3, -0.25) is 4.90 Å². The third-order valence-corrected chi connectivity index (χ3v) is 4.86. The molecule has 3 rings (SSSR count). The number of benzene rings is 1. The van der Waals surface area contributed by atoms with Crippen molar-refractivity contribution in [1.82, 2.24) is 9.80 Å². The van der Waals surface area contributed by atoms with E-state index in [9.17, 15) is 4.79 Å². The van der Waals surface area contributed by atoms with Crippen LogP contribution in [0.3, 0.4) is 0 Å². The number of hydrogen-bond acceptors (Lipinski definition) is 4. The van der Waals surface area contributed by atoms with Crippen LogP contribution in [0.4, 0.5) is 10.5 Å². The largest absolute Gasteiger partial charge is 0.444 e. The highest BCUT2D eigenvalue weighted by molar-refractivity contribution is 5.68. The summed E-state index contributed by atoms with van der Waals surface area (Å²) in [5, 5.41) is 0. The van der Waals surface area contributed by atoms with Gasteiger partial charge in [-0.15, -0.1) is 0 Å². The fourth-order valence-corrected chi connectivity index (χ4v) is 3.57. The third kappa shape index (κ3) is 4.88. The highest BCUT2D eigenvalue weighted by Crippen LogP contribution is 2.26. The lowest BCUT2D eigenvalue weighted by Gasteiger charge is -2.36. The Bertz CT molecular complexity index is 583. The van der Waals surface area contributed by atoms with Gasteiger partial charge < -0.3 is 14.5 Å². The zero-order chi connectivity index (χ0) is 17.9. The molecule has 1 amide bonds. The Morgan fingerprint density at radius 2 is 1.64 bits per heavy atom. The van der Waals surface area contributed by atoms with Crippen LogP contribution in [0.15, 0.2) is 24.3 Å². The first-order chi connectivity index (χ1) is 11.9. The van der Waals surface area contributed by atoms with Crippen LogP contribution in [0.5, 0.6) is 0 Å². The second kappa shape index (κ2) is 7.65. The first-order valence-corrected chi connectivity index (χ1v) is 9.45. The van der Waals surface area contributed by atoms with E-state index in [-0.39, 0.29) is 6.09 Å². The topological polar surface area (TPSA) is 36.0 Å². The van der Waals surface area contributed by atoms with Gasteiger partial charge in [0, 0.05) is 51.5 Å². The number of piperazine rings is 1. The molecule has 138 valence electrons. The van der Waals surface area contributed by atoms with Crippen molar-refractivity contribution in [2.45, 2.75) is 45.8 Å². The summed E-state index contributed by atoms with van der Waals surface area (Å²) in [6, 6.07) is 8.76. The number of anilines is 1. The Morgan fingerprint density at radius 1 is 1.00 bits per heavy atom. The van der Waals surface area contributed by atoms with Crippen molar-refractivity contribution in [2.75, 3.05) is 44.2 Å². The molecule has 5 heteroatoms. The van der Waals surface area contributed by atoms with Gasteiger partial charge in [0.2, 0.25) is 0 Å². The van der Waals surface area contributed by atoms with Gasteiger partial charge in [0.15, 0.2) is 0 Å². The Balaban J connectivity index is 1.55. The molecule has 0 radical (unpaired) electrons. The minimum Gasteiger partial charge on any atom is -0.444 e. The minimum absolute atomic E-state index is 0.190. The molecule has 2 heterocycles. The molecule has 2 fully saturated rings. The Labute approximate surface area is 151 Å². The van der Waals surface area contributed by atoms with E-state index in [4.69, 9.17) is 4.74 Å². The number of para-hydroxylation sites is 1. The average Bonchev–Trinajstić information content (AvgIpc) is 3.09. The van der Waals surface area contributed by atoms with Crippen molar-refractivity contribution in [1.29, 1.82) is 0 Å². The Hall–Kier alpha value is -1.75. The summed E-state index contributed by atoms with van der Waals surface area (Å²) in [5.41, 5.74) is 2.35. The monoisotopic (exact) mass is 345 g/mol. The molecule has 2 aliphatic heterocycles. The van der Waals surface area contributed by atoms with E-state index in [1.807, 2.05) is 25.7 Å². The van der Waals surface area contributed by atoms with Crippen molar-refractivity contribution in [3.63, 3.8) is 0 Å². The average molecular weight is 345 g/mol. The SMILES string of the molecule is CC(C)(C)OC(=O)N1CCN(Cc2ccccc2N2CCCC2)CC1. The van der Waals surface area contributed by atoms with Crippen molar-refractivity contribution in [3.8, 4) is 0 Å². The lowest BCUT2D eigenvalue weighted by atomic mass is 10.1. The van der Waals surface area contributed by atoms with Crippen LogP contribution in [0.25, 0.3) is 0 Å². The molecule has 0 bridgehead atoms. The molecule has 0 atom stereocenters. The molecule has 2 aliphatic rings. The molecule has 0 aliphatic carbocycles. The van der Waals surface area contributed by atoms with E-state index < -0.39 is 5.60 Å². The molecule has 1 aromatic rings. The molecule has 5 nitrogen and oxygen atoms in total. The summed E-state index contributed by atoms with van der Waals surface area (Å²) in [7, 11) is 0. The smallest absolute Gasteiger partial charge is 0.410 e. The summed E-state index contributed by atoms with van der Waals surface area (Å²) in [6.07, 6.45) is 2.40. The molecule has 25 heavy (non-hydrogen) atoms. The van der Waals surface area contributed by atoms with Gasteiger partial charge in [-0.05, 0) is 45.2 Å². The van der Waals surface area contributed by atoms with Crippen LogP contribution in [0, 0.1) is 0 Å². The molecule has 0 saturated carbocycles.